The van der Waals surface area contributed by atoms with Gasteiger partial charge in [-0.1, -0.05) is 6.07 Å². The minimum atomic E-state index is -4.55. The summed E-state index contributed by atoms with van der Waals surface area (Å²) in [7, 11) is 0. The van der Waals surface area contributed by atoms with Gasteiger partial charge in [-0.15, -0.1) is 22.7 Å². The van der Waals surface area contributed by atoms with Crippen LogP contribution in [0.5, 0.6) is 0 Å². The second kappa shape index (κ2) is 5.59. The topological polar surface area (TPSA) is 68.0 Å². The number of hydrazine groups is 1. The number of nitrogens with one attached hydrogen (secondary N) is 1. The van der Waals surface area contributed by atoms with E-state index in [4.69, 9.17) is 5.84 Å². The lowest BCUT2D eigenvalue weighted by Gasteiger charge is -2.10. The van der Waals surface area contributed by atoms with Crippen molar-refractivity contribution in [1.29, 1.82) is 0 Å². The number of pyridine rings is 1. The molecule has 0 fully saturated rings. The van der Waals surface area contributed by atoms with Crippen LogP contribution in [-0.2, 0) is 6.18 Å². The number of fused-ring (bicyclic) bond motifs is 1. The van der Waals surface area contributed by atoms with E-state index >= 15 is 0 Å². The number of rotatable bonds is 2. The van der Waals surface area contributed by atoms with E-state index in [9.17, 15) is 18.0 Å². The van der Waals surface area contributed by atoms with Crippen LogP contribution < -0.4 is 11.3 Å². The molecule has 0 aliphatic carbocycles. The molecule has 0 saturated carbocycles. The fourth-order valence-corrected chi connectivity index (χ4v) is 4.10. The van der Waals surface area contributed by atoms with Crippen molar-refractivity contribution in [3.8, 4) is 10.6 Å². The number of hydrogen-bond donors (Lipinski definition) is 2. The van der Waals surface area contributed by atoms with Gasteiger partial charge < -0.3 is 0 Å². The molecule has 23 heavy (non-hydrogen) atoms. The molecule has 0 aromatic carbocycles. The highest BCUT2D eigenvalue weighted by atomic mass is 32.1. The Kier molecular flexibility index (Phi) is 3.86. The molecular weight excluding hydrogens is 347 g/mol. The van der Waals surface area contributed by atoms with Crippen molar-refractivity contribution < 1.29 is 18.0 Å². The quantitative estimate of drug-likeness (QED) is 0.414. The van der Waals surface area contributed by atoms with Gasteiger partial charge in [-0.05, 0) is 30.0 Å². The Balaban J connectivity index is 2.35. The zero-order valence-electron chi connectivity index (χ0n) is 11.7. The molecule has 0 unspecified atom stereocenters. The number of alkyl halides is 3. The summed E-state index contributed by atoms with van der Waals surface area (Å²) in [6, 6.07) is 4.47. The smallest absolute Gasteiger partial charge is 0.289 e. The number of carbonyl (C=O) groups excluding carboxylic acids is 1. The van der Waals surface area contributed by atoms with Crippen LogP contribution in [0.3, 0.4) is 0 Å². The second-order valence-corrected chi connectivity index (χ2v) is 6.69. The summed E-state index contributed by atoms with van der Waals surface area (Å²) in [4.78, 5) is 17.0. The minimum absolute atomic E-state index is 0.0543. The van der Waals surface area contributed by atoms with Gasteiger partial charge in [0.05, 0.1) is 21.0 Å². The van der Waals surface area contributed by atoms with Crippen molar-refractivity contribution in [3.05, 3.63) is 39.6 Å². The Hall–Kier alpha value is -1.97. The molecular formula is C14H10F3N3OS2. The molecule has 0 saturated heterocycles. The Bertz CT molecular complexity index is 885. The first-order valence-electron chi connectivity index (χ1n) is 6.39. The van der Waals surface area contributed by atoms with E-state index in [2.05, 4.69) is 4.98 Å². The molecule has 0 aliphatic rings. The van der Waals surface area contributed by atoms with Gasteiger partial charge in [0.2, 0.25) is 0 Å². The van der Waals surface area contributed by atoms with Gasteiger partial charge in [-0.2, -0.15) is 13.2 Å². The molecule has 3 heterocycles. The zero-order chi connectivity index (χ0) is 16.8. The van der Waals surface area contributed by atoms with E-state index in [0.717, 1.165) is 17.4 Å². The fraction of sp³-hybridized carbons (Fsp3) is 0.143. The average Bonchev–Trinajstić information content (AvgIpc) is 3.13. The lowest BCUT2D eigenvalue weighted by molar-refractivity contribution is -0.136. The van der Waals surface area contributed by atoms with Gasteiger partial charge in [0.25, 0.3) is 5.91 Å². The van der Waals surface area contributed by atoms with Gasteiger partial charge in [-0.25, -0.2) is 10.8 Å². The normalized spacial score (nSPS) is 11.9. The first-order chi connectivity index (χ1) is 10.8. The molecule has 0 atom stereocenters. The lowest BCUT2D eigenvalue weighted by Crippen LogP contribution is -2.29. The lowest BCUT2D eigenvalue weighted by atomic mass is 10.1. The monoisotopic (exact) mass is 357 g/mol. The minimum Gasteiger partial charge on any atom is -0.289 e. The second-order valence-electron chi connectivity index (χ2n) is 4.74. The number of halogens is 3. The highest BCUT2D eigenvalue weighted by Crippen LogP contribution is 2.42. The molecule has 3 N–H and O–H groups in total. The van der Waals surface area contributed by atoms with Crippen molar-refractivity contribution in [2.45, 2.75) is 13.1 Å². The van der Waals surface area contributed by atoms with Gasteiger partial charge in [0.1, 0.15) is 4.83 Å². The number of nitrogen functional groups attached to an aromatic ring is 1. The van der Waals surface area contributed by atoms with Crippen LogP contribution in [0.1, 0.15) is 20.8 Å². The molecule has 0 aliphatic heterocycles. The Morgan fingerprint density at radius 3 is 2.70 bits per heavy atom. The third kappa shape index (κ3) is 2.71. The van der Waals surface area contributed by atoms with E-state index in [-0.39, 0.29) is 26.4 Å². The molecule has 0 bridgehead atoms. The number of nitrogens with zero attached hydrogens (tertiary/aromatic N) is 1. The molecule has 3 rings (SSSR count). The standard InChI is InChI=1S/C14H10F3N3OS2/c1-6-10-7(14(15,16)17)5-8(9-3-2-4-22-9)19-13(10)23-11(6)12(21)20-18/h2-5H,18H2,1H3,(H,20,21). The number of thiophene rings is 2. The van der Waals surface area contributed by atoms with Crippen LogP contribution in [0.2, 0.25) is 0 Å². The van der Waals surface area contributed by atoms with Crippen molar-refractivity contribution in [2.75, 3.05) is 0 Å². The van der Waals surface area contributed by atoms with Crippen LogP contribution in [0.25, 0.3) is 20.8 Å². The predicted molar refractivity (Wildman–Crippen MR) is 84.3 cm³/mol. The summed E-state index contributed by atoms with van der Waals surface area (Å²) < 4.78 is 40.4. The maximum Gasteiger partial charge on any atom is 0.417 e. The maximum atomic E-state index is 13.5. The molecule has 9 heteroatoms. The maximum absolute atomic E-state index is 13.5. The van der Waals surface area contributed by atoms with E-state index in [1.165, 1.54) is 18.3 Å². The number of nitrogens with two attached hydrogens (primary N) is 1. The molecule has 3 aromatic rings. The van der Waals surface area contributed by atoms with Gasteiger partial charge >= 0.3 is 6.18 Å². The van der Waals surface area contributed by atoms with E-state index < -0.39 is 17.6 Å². The van der Waals surface area contributed by atoms with Crippen LogP contribution in [0.4, 0.5) is 13.2 Å². The SMILES string of the molecule is Cc1c(C(=O)NN)sc2nc(-c3cccs3)cc(C(F)(F)F)c12. The van der Waals surface area contributed by atoms with Crippen molar-refractivity contribution in [3.63, 3.8) is 0 Å². The molecule has 0 radical (unpaired) electrons. The molecule has 3 aromatic heterocycles. The predicted octanol–water partition coefficient (Wildman–Crippen LogP) is 3.96. The van der Waals surface area contributed by atoms with E-state index in [1.807, 2.05) is 5.43 Å². The van der Waals surface area contributed by atoms with Crippen LogP contribution >= 0.6 is 22.7 Å². The molecule has 120 valence electrons. The summed E-state index contributed by atoms with van der Waals surface area (Å²) in [6.07, 6.45) is -4.55. The van der Waals surface area contributed by atoms with Crippen LogP contribution in [0, 0.1) is 6.92 Å². The Morgan fingerprint density at radius 2 is 2.13 bits per heavy atom. The van der Waals surface area contributed by atoms with E-state index in [0.29, 0.717) is 4.88 Å². The number of amides is 1. The number of aromatic nitrogens is 1. The summed E-state index contributed by atoms with van der Waals surface area (Å²) in [5.74, 6) is 4.46. The average molecular weight is 357 g/mol. The molecule has 4 nitrogen and oxygen atoms in total. The first kappa shape index (κ1) is 15.9. The largest absolute Gasteiger partial charge is 0.417 e. The first-order valence-corrected chi connectivity index (χ1v) is 8.08. The van der Waals surface area contributed by atoms with Crippen molar-refractivity contribution in [1.82, 2.24) is 10.4 Å². The van der Waals surface area contributed by atoms with Gasteiger partial charge in [0.15, 0.2) is 0 Å². The third-order valence-electron chi connectivity index (χ3n) is 3.32. The molecule has 0 spiro atoms. The summed E-state index contributed by atoms with van der Waals surface area (Å²) in [5, 5.41) is 1.71. The van der Waals surface area contributed by atoms with Gasteiger partial charge in [0, 0.05) is 5.39 Å². The van der Waals surface area contributed by atoms with Gasteiger partial charge in [-0.3, -0.25) is 10.2 Å². The number of carbonyl (C=O) groups is 1. The number of aryl methyl sites for hydroxylation is 1. The van der Waals surface area contributed by atoms with Crippen LogP contribution in [0.15, 0.2) is 23.6 Å². The van der Waals surface area contributed by atoms with Crippen molar-refractivity contribution >= 4 is 38.8 Å². The fourth-order valence-electron chi connectivity index (χ4n) is 2.30. The van der Waals surface area contributed by atoms with Crippen molar-refractivity contribution in [2.24, 2.45) is 5.84 Å². The Labute approximate surface area is 136 Å². The summed E-state index contributed by atoms with van der Waals surface area (Å²) in [5.41, 5.74) is 1.62. The number of hydrogen-bond acceptors (Lipinski definition) is 5. The third-order valence-corrected chi connectivity index (χ3v) is 5.39. The molecule has 1 amide bonds. The summed E-state index contributed by atoms with van der Waals surface area (Å²) in [6.45, 7) is 1.46. The summed E-state index contributed by atoms with van der Waals surface area (Å²) >= 11 is 2.20. The van der Waals surface area contributed by atoms with Crippen LogP contribution in [-0.4, -0.2) is 10.9 Å². The van der Waals surface area contributed by atoms with E-state index in [1.54, 1.807) is 17.5 Å². The Morgan fingerprint density at radius 1 is 1.39 bits per heavy atom. The zero-order valence-corrected chi connectivity index (χ0v) is 13.3. The highest BCUT2D eigenvalue weighted by molar-refractivity contribution is 7.20. The highest BCUT2D eigenvalue weighted by Gasteiger charge is 2.36.